The Kier molecular flexibility index (Phi) is 7.97. The molecule has 0 radical (unpaired) electrons. The van der Waals surface area contributed by atoms with Gasteiger partial charge in [0.2, 0.25) is 0 Å². The normalized spacial score (nSPS) is 17.0. The number of carbonyl (C=O) groups excluding carboxylic acids is 1. The Balaban J connectivity index is 1.86. The van der Waals surface area contributed by atoms with Crippen LogP contribution in [0, 0.1) is 11.7 Å². The van der Waals surface area contributed by atoms with Crippen molar-refractivity contribution in [1.82, 2.24) is 19.4 Å². The van der Waals surface area contributed by atoms with E-state index in [2.05, 4.69) is 42.6 Å². The van der Waals surface area contributed by atoms with E-state index in [9.17, 15) is 9.18 Å². The van der Waals surface area contributed by atoms with Crippen LogP contribution in [0.5, 0.6) is 0 Å². The van der Waals surface area contributed by atoms with Gasteiger partial charge < -0.3 is 14.4 Å². The minimum Gasteiger partial charge on any atom is -0.444 e. The van der Waals surface area contributed by atoms with Crippen LogP contribution in [0.25, 0.3) is 17.1 Å². The van der Waals surface area contributed by atoms with Gasteiger partial charge in [0.25, 0.3) is 0 Å². The molecule has 3 heterocycles. The van der Waals surface area contributed by atoms with Crippen molar-refractivity contribution >= 4 is 19.7 Å². The third-order valence-electron chi connectivity index (χ3n) is 5.53. The Morgan fingerprint density at radius 2 is 1.94 bits per heavy atom. The average Bonchev–Trinajstić information content (AvgIpc) is 3.13. The molecule has 7 nitrogen and oxygen atoms in total. The molecule has 0 aromatic carbocycles. The molecule has 1 aliphatic heterocycles. The topological polar surface area (TPSA) is 69.5 Å². The molecule has 0 aliphatic carbocycles. The number of rotatable bonds is 7. The van der Waals surface area contributed by atoms with E-state index in [0.717, 1.165) is 17.3 Å². The number of carbonyl (C=O) groups is 1. The third-order valence-corrected chi connectivity index (χ3v) is 7.24. The zero-order valence-corrected chi connectivity index (χ0v) is 22.4. The number of amides is 1. The molecule has 0 fully saturated rings. The summed E-state index contributed by atoms with van der Waals surface area (Å²) in [5.74, 6) is 0.317. The lowest BCUT2D eigenvalue weighted by Gasteiger charge is -2.33. The predicted octanol–water partition coefficient (Wildman–Crippen LogP) is 5.67. The number of hydrogen-bond acceptors (Lipinski definition) is 5. The summed E-state index contributed by atoms with van der Waals surface area (Å²) in [6.45, 7) is 16.6. The zero-order valence-electron chi connectivity index (χ0n) is 21.4. The minimum atomic E-state index is -1.22. The van der Waals surface area contributed by atoms with Gasteiger partial charge in [-0.2, -0.15) is 0 Å². The Morgan fingerprint density at radius 1 is 1.21 bits per heavy atom. The first kappa shape index (κ1) is 26.1. The lowest BCUT2D eigenvalue weighted by molar-refractivity contribution is 0.0251. The fourth-order valence-electron chi connectivity index (χ4n) is 3.73. The van der Waals surface area contributed by atoms with E-state index in [-0.39, 0.29) is 17.8 Å². The molecular weight excluding hydrogens is 451 g/mol. The Bertz CT molecular complexity index is 1020. The summed E-state index contributed by atoms with van der Waals surface area (Å²) >= 11 is 0. The largest absolute Gasteiger partial charge is 0.444 e. The van der Waals surface area contributed by atoms with Crippen LogP contribution < -0.4 is 0 Å². The molecule has 3 rings (SSSR count). The van der Waals surface area contributed by atoms with Crippen LogP contribution in [-0.2, 0) is 16.2 Å². The summed E-state index contributed by atoms with van der Waals surface area (Å²) in [6, 6.07) is 4.07. The molecule has 0 saturated carbocycles. The van der Waals surface area contributed by atoms with Crippen LogP contribution in [0.3, 0.4) is 0 Å². The summed E-state index contributed by atoms with van der Waals surface area (Å²) in [5.41, 5.74) is 2.06. The quantitative estimate of drug-likeness (QED) is 0.371. The highest BCUT2D eigenvalue weighted by Crippen LogP contribution is 2.31. The van der Waals surface area contributed by atoms with Gasteiger partial charge in [0.1, 0.15) is 23.8 Å². The molecule has 34 heavy (non-hydrogen) atoms. The van der Waals surface area contributed by atoms with E-state index in [0.29, 0.717) is 37.9 Å². The summed E-state index contributed by atoms with van der Waals surface area (Å²) in [5, 5.41) is 0. The Morgan fingerprint density at radius 3 is 2.53 bits per heavy atom. The first-order valence-electron chi connectivity index (χ1n) is 11.8. The summed E-state index contributed by atoms with van der Waals surface area (Å²) < 4.78 is 27.1. The molecule has 1 atom stereocenters. The smallest absolute Gasteiger partial charge is 0.410 e. The van der Waals surface area contributed by atoms with E-state index < -0.39 is 13.7 Å². The lowest BCUT2D eigenvalue weighted by atomic mass is 9.94. The second kappa shape index (κ2) is 10.4. The van der Waals surface area contributed by atoms with E-state index in [1.54, 1.807) is 11.0 Å². The van der Waals surface area contributed by atoms with Crippen molar-refractivity contribution in [2.45, 2.75) is 65.7 Å². The van der Waals surface area contributed by atoms with Crippen LogP contribution in [0.4, 0.5) is 9.18 Å². The maximum Gasteiger partial charge on any atom is 0.410 e. The average molecular weight is 489 g/mol. The first-order valence-corrected chi connectivity index (χ1v) is 15.5. The highest BCUT2D eigenvalue weighted by atomic mass is 28.3. The Labute approximate surface area is 203 Å². The van der Waals surface area contributed by atoms with Crippen LogP contribution in [0.2, 0.25) is 25.7 Å². The molecule has 1 amide bonds. The number of ether oxygens (including phenoxy) is 2. The molecule has 9 heteroatoms. The second-order valence-corrected chi connectivity index (χ2v) is 16.7. The van der Waals surface area contributed by atoms with Crippen molar-refractivity contribution in [2.75, 3.05) is 19.7 Å². The van der Waals surface area contributed by atoms with E-state index >= 15 is 0 Å². The van der Waals surface area contributed by atoms with Gasteiger partial charge in [-0.05, 0) is 44.5 Å². The monoisotopic (exact) mass is 488 g/mol. The summed E-state index contributed by atoms with van der Waals surface area (Å²) in [6.07, 6.45) is 4.75. The molecule has 1 unspecified atom stereocenters. The van der Waals surface area contributed by atoms with Crippen LogP contribution >= 0.6 is 0 Å². The van der Waals surface area contributed by atoms with Crippen molar-refractivity contribution < 1.29 is 18.7 Å². The maximum atomic E-state index is 13.5. The van der Waals surface area contributed by atoms with E-state index in [1.165, 1.54) is 12.3 Å². The predicted molar refractivity (Wildman–Crippen MR) is 134 cm³/mol. The molecule has 2 aromatic rings. The van der Waals surface area contributed by atoms with Crippen LogP contribution in [0.1, 0.15) is 33.4 Å². The number of hydrogen-bond donors (Lipinski definition) is 0. The molecule has 0 saturated heterocycles. The van der Waals surface area contributed by atoms with E-state index in [4.69, 9.17) is 9.47 Å². The molecule has 186 valence electrons. The summed E-state index contributed by atoms with van der Waals surface area (Å²) in [4.78, 5) is 23.1. The van der Waals surface area contributed by atoms with Gasteiger partial charge in [-0.1, -0.05) is 32.6 Å². The number of aromatic nitrogens is 3. The second-order valence-electron chi connectivity index (χ2n) is 11.1. The standard InChI is InChI=1S/C25H37FN4O3Si/c1-18-16-29(24(31)33-25(2,3)4)11-10-20(18)22-15-28-23(21-9-8-19(26)14-27-21)30(22)17-32-12-13-34(5,6)7/h8-10,14-15,18H,11-13,16-17H2,1-7H3. The highest BCUT2D eigenvalue weighted by molar-refractivity contribution is 6.76. The Hall–Kier alpha value is -2.52. The van der Waals surface area contributed by atoms with Crippen molar-refractivity contribution in [3.8, 4) is 11.5 Å². The number of nitrogens with zero attached hydrogens (tertiary/aromatic N) is 4. The van der Waals surface area contributed by atoms with Gasteiger partial charge in [-0.3, -0.25) is 4.57 Å². The van der Waals surface area contributed by atoms with Gasteiger partial charge in [0.05, 0.1) is 18.1 Å². The molecule has 1 aliphatic rings. The number of pyridine rings is 1. The molecule has 0 bridgehead atoms. The highest BCUT2D eigenvalue weighted by Gasteiger charge is 2.29. The van der Waals surface area contributed by atoms with Gasteiger partial charge >= 0.3 is 6.09 Å². The summed E-state index contributed by atoms with van der Waals surface area (Å²) in [7, 11) is -1.22. The fraction of sp³-hybridized carbons (Fsp3) is 0.560. The minimum absolute atomic E-state index is 0.0766. The lowest BCUT2D eigenvalue weighted by Crippen LogP contribution is -2.41. The first-order chi connectivity index (χ1) is 15.8. The van der Waals surface area contributed by atoms with E-state index in [1.807, 2.05) is 31.5 Å². The van der Waals surface area contributed by atoms with Crippen molar-refractivity contribution in [3.63, 3.8) is 0 Å². The van der Waals surface area contributed by atoms with Crippen LogP contribution in [-0.4, -0.2) is 58.9 Å². The van der Waals surface area contributed by atoms with Crippen molar-refractivity contribution in [3.05, 3.63) is 42.1 Å². The van der Waals surface area contributed by atoms with Gasteiger partial charge in [0.15, 0.2) is 5.82 Å². The third kappa shape index (κ3) is 6.99. The van der Waals surface area contributed by atoms with Crippen molar-refractivity contribution in [2.24, 2.45) is 5.92 Å². The molecule has 0 spiro atoms. The molecule has 2 aromatic heterocycles. The van der Waals surface area contributed by atoms with Crippen molar-refractivity contribution in [1.29, 1.82) is 0 Å². The fourth-order valence-corrected chi connectivity index (χ4v) is 4.49. The van der Waals surface area contributed by atoms with Crippen LogP contribution in [0.15, 0.2) is 30.6 Å². The SMILES string of the molecule is CC1CN(C(=O)OC(C)(C)C)CC=C1c1cnc(-c2ccc(F)cn2)n1COCC[Si](C)(C)C. The zero-order chi connectivity index (χ0) is 25.1. The molecule has 0 N–H and O–H groups in total. The van der Waals surface area contributed by atoms with Gasteiger partial charge in [-0.25, -0.2) is 19.2 Å². The van der Waals surface area contributed by atoms with Gasteiger partial charge in [-0.15, -0.1) is 0 Å². The molecular formula is C25H37FN4O3Si. The maximum absolute atomic E-state index is 13.5. The number of halogens is 1. The number of imidazole rings is 1. The van der Waals surface area contributed by atoms with Gasteiger partial charge in [0, 0.05) is 33.7 Å².